The summed E-state index contributed by atoms with van der Waals surface area (Å²) in [6, 6.07) is 0. The molecule has 0 bridgehead atoms. The van der Waals surface area contributed by atoms with Crippen LogP contribution in [0, 0.1) is 0 Å². The van der Waals surface area contributed by atoms with Gasteiger partial charge in [0.25, 0.3) is 0 Å². The minimum absolute atomic E-state index is 0.461. The first kappa shape index (κ1) is 15.5. The van der Waals surface area contributed by atoms with E-state index in [9.17, 15) is 22.8 Å². The molecule has 0 radical (unpaired) electrons. The van der Waals surface area contributed by atoms with Crippen molar-refractivity contribution in [2.75, 3.05) is 27.2 Å². The molecule has 17 heavy (non-hydrogen) atoms. The zero-order chi connectivity index (χ0) is 13.6. The quantitative estimate of drug-likeness (QED) is 0.701. The van der Waals surface area contributed by atoms with Crippen molar-refractivity contribution in [1.29, 1.82) is 0 Å². The molecule has 4 nitrogen and oxygen atoms in total. The van der Waals surface area contributed by atoms with Crippen molar-refractivity contribution in [3.05, 3.63) is 12.2 Å². The molecule has 0 aliphatic rings. The molecule has 0 fully saturated rings. The van der Waals surface area contributed by atoms with Gasteiger partial charge in [0.2, 0.25) is 11.8 Å². The van der Waals surface area contributed by atoms with Crippen LogP contribution in [0.4, 0.5) is 13.2 Å². The summed E-state index contributed by atoms with van der Waals surface area (Å²) in [5.41, 5.74) is 0. The zero-order valence-electron chi connectivity index (χ0n) is 9.91. The fourth-order valence-corrected chi connectivity index (χ4v) is 0.981. The average Bonchev–Trinajstić information content (AvgIpc) is 2.14. The smallest absolute Gasteiger partial charge is 0.347 e. The second-order valence-electron chi connectivity index (χ2n) is 3.60. The second kappa shape index (κ2) is 6.27. The maximum Gasteiger partial charge on any atom is 0.406 e. The van der Waals surface area contributed by atoms with Crippen LogP contribution in [0.5, 0.6) is 0 Å². The molecular formula is C10H15F3N2O2. The summed E-state index contributed by atoms with van der Waals surface area (Å²) in [6.07, 6.45) is -2.20. The van der Waals surface area contributed by atoms with Crippen molar-refractivity contribution < 1.29 is 22.8 Å². The van der Waals surface area contributed by atoms with Crippen LogP contribution in [0.2, 0.25) is 0 Å². The van der Waals surface area contributed by atoms with Gasteiger partial charge in [-0.25, -0.2) is 0 Å². The number of carbonyl (C=O) groups is 2. The molecule has 0 aliphatic carbocycles. The molecule has 7 heteroatoms. The topological polar surface area (TPSA) is 40.6 Å². The van der Waals surface area contributed by atoms with Crippen LogP contribution in [-0.4, -0.2) is 55.0 Å². The van der Waals surface area contributed by atoms with Gasteiger partial charge < -0.3 is 9.80 Å². The molecule has 0 unspecified atom stereocenters. The normalized spacial score (nSPS) is 11.6. The van der Waals surface area contributed by atoms with Gasteiger partial charge in [-0.15, -0.1) is 0 Å². The highest BCUT2D eigenvalue weighted by atomic mass is 19.4. The van der Waals surface area contributed by atoms with Crippen LogP contribution < -0.4 is 0 Å². The van der Waals surface area contributed by atoms with E-state index < -0.39 is 31.1 Å². The predicted molar refractivity (Wildman–Crippen MR) is 56.1 cm³/mol. The van der Waals surface area contributed by atoms with Crippen LogP contribution in [-0.2, 0) is 9.59 Å². The highest BCUT2D eigenvalue weighted by molar-refractivity contribution is 5.91. The summed E-state index contributed by atoms with van der Waals surface area (Å²) in [4.78, 5) is 24.2. The average molecular weight is 252 g/mol. The lowest BCUT2D eigenvalue weighted by Crippen LogP contribution is -2.44. The van der Waals surface area contributed by atoms with Gasteiger partial charge in [-0.2, -0.15) is 13.2 Å². The van der Waals surface area contributed by atoms with Crippen molar-refractivity contribution in [1.82, 2.24) is 9.80 Å². The van der Waals surface area contributed by atoms with E-state index in [1.165, 1.54) is 27.1 Å². The number of rotatable bonds is 4. The fourth-order valence-electron chi connectivity index (χ4n) is 0.981. The molecule has 0 aliphatic heterocycles. The SMILES string of the molecule is CC=CC(=O)N(CC(=O)N(C)C)CC(F)(F)F. The van der Waals surface area contributed by atoms with Crippen LogP contribution >= 0.6 is 0 Å². The minimum Gasteiger partial charge on any atom is -0.347 e. The van der Waals surface area contributed by atoms with Gasteiger partial charge in [-0.3, -0.25) is 9.59 Å². The van der Waals surface area contributed by atoms with Crippen molar-refractivity contribution >= 4 is 11.8 Å². The number of likely N-dealkylation sites (N-methyl/N-ethyl adjacent to an activating group) is 1. The molecule has 0 aromatic heterocycles. The molecule has 0 aromatic carbocycles. The number of alkyl halides is 3. The fraction of sp³-hybridized carbons (Fsp3) is 0.600. The van der Waals surface area contributed by atoms with E-state index in [0.717, 1.165) is 11.0 Å². The first-order valence-corrected chi connectivity index (χ1v) is 4.86. The Hall–Kier alpha value is -1.53. The third-order valence-electron chi connectivity index (χ3n) is 1.82. The number of allylic oxidation sites excluding steroid dienone is 1. The van der Waals surface area contributed by atoms with E-state index in [2.05, 4.69) is 0 Å². The lowest BCUT2D eigenvalue weighted by molar-refractivity contribution is -0.161. The van der Waals surface area contributed by atoms with Gasteiger partial charge in [-0.1, -0.05) is 6.08 Å². The van der Waals surface area contributed by atoms with Crippen molar-refractivity contribution in [3.8, 4) is 0 Å². The molecule has 0 heterocycles. The molecule has 0 saturated carbocycles. The Balaban J connectivity index is 4.74. The lowest BCUT2D eigenvalue weighted by atomic mass is 10.3. The molecule has 0 spiro atoms. The Labute approximate surface area is 97.7 Å². The number of halogens is 3. The van der Waals surface area contributed by atoms with Crippen molar-refractivity contribution in [2.24, 2.45) is 0 Å². The Kier molecular flexibility index (Phi) is 5.70. The standard InChI is InChI=1S/C10H15F3N2O2/c1-4-5-8(16)15(7-10(11,12)13)6-9(17)14(2)3/h4-5H,6-7H2,1-3H3. The van der Waals surface area contributed by atoms with Crippen LogP contribution in [0.25, 0.3) is 0 Å². The monoisotopic (exact) mass is 252 g/mol. The Bertz CT molecular complexity index is 311. The third kappa shape index (κ3) is 6.60. The third-order valence-corrected chi connectivity index (χ3v) is 1.82. The van der Waals surface area contributed by atoms with E-state index in [-0.39, 0.29) is 0 Å². The number of hydrogen-bond donors (Lipinski definition) is 0. The maximum atomic E-state index is 12.2. The molecule has 0 N–H and O–H groups in total. The number of carbonyl (C=O) groups excluding carboxylic acids is 2. The number of nitrogens with zero attached hydrogens (tertiary/aromatic N) is 2. The summed E-state index contributed by atoms with van der Waals surface area (Å²) < 4.78 is 36.6. The van der Waals surface area contributed by atoms with Crippen molar-refractivity contribution in [3.63, 3.8) is 0 Å². The lowest BCUT2D eigenvalue weighted by Gasteiger charge is -2.23. The van der Waals surface area contributed by atoms with E-state index in [1.807, 2.05) is 0 Å². The maximum absolute atomic E-state index is 12.2. The Morgan fingerprint density at radius 3 is 2.12 bits per heavy atom. The summed E-state index contributed by atoms with van der Waals surface area (Å²) in [6.45, 7) is -0.511. The molecule has 0 aromatic rings. The Morgan fingerprint density at radius 1 is 1.24 bits per heavy atom. The molecule has 0 rings (SSSR count). The largest absolute Gasteiger partial charge is 0.406 e. The van der Waals surface area contributed by atoms with E-state index in [0.29, 0.717) is 4.90 Å². The summed E-state index contributed by atoms with van der Waals surface area (Å²) in [5.74, 6) is -1.40. The predicted octanol–water partition coefficient (Wildman–Crippen LogP) is 1.04. The molecule has 0 saturated heterocycles. The number of amides is 2. The van der Waals surface area contributed by atoms with E-state index >= 15 is 0 Å². The van der Waals surface area contributed by atoms with Gasteiger partial charge in [0.1, 0.15) is 13.1 Å². The van der Waals surface area contributed by atoms with Crippen molar-refractivity contribution in [2.45, 2.75) is 13.1 Å². The van der Waals surface area contributed by atoms with Gasteiger partial charge in [0, 0.05) is 14.1 Å². The highest BCUT2D eigenvalue weighted by Gasteiger charge is 2.33. The van der Waals surface area contributed by atoms with Crippen LogP contribution in [0.1, 0.15) is 6.92 Å². The molecule has 2 amide bonds. The van der Waals surface area contributed by atoms with Gasteiger partial charge in [0.15, 0.2) is 0 Å². The second-order valence-corrected chi connectivity index (χ2v) is 3.60. The van der Waals surface area contributed by atoms with Gasteiger partial charge in [0.05, 0.1) is 0 Å². The molecule has 98 valence electrons. The summed E-state index contributed by atoms with van der Waals surface area (Å²) in [5, 5.41) is 0. The van der Waals surface area contributed by atoms with Gasteiger partial charge >= 0.3 is 6.18 Å². The first-order chi connectivity index (χ1) is 7.67. The molecular weight excluding hydrogens is 237 g/mol. The van der Waals surface area contributed by atoms with Crippen LogP contribution in [0.3, 0.4) is 0 Å². The van der Waals surface area contributed by atoms with E-state index in [4.69, 9.17) is 0 Å². The summed E-state index contributed by atoms with van der Waals surface area (Å²) >= 11 is 0. The highest BCUT2D eigenvalue weighted by Crippen LogP contribution is 2.16. The summed E-state index contributed by atoms with van der Waals surface area (Å²) in [7, 11) is 2.82. The minimum atomic E-state index is -4.52. The first-order valence-electron chi connectivity index (χ1n) is 4.86. The van der Waals surface area contributed by atoms with Gasteiger partial charge in [-0.05, 0) is 13.0 Å². The molecule has 0 atom stereocenters. The Morgan fingerprint density at radius 2 is 1.76 bits per heavy atom. The zero-order valence-corrected chi connectivity index (χ0v) is 9.91. The van der Waals surface area contributed by atoms with Crippen LogP contribution in [0.15, 0.2) is 12.2 Å². The van der Waals surface area contributed by atoms with E-state index in [1.54, 1.807) is 0 Å². The number of hydrogen-bond acceptors (Lipinski definition) is 2.